The maximum Gasteiger partial charge on any atom is 0.261 e. The Morgan fingerprint density at radius 1 is 1.42 bits per heavy atom. The molecule has 0 saturated heterocycles. The number of hydrogen-bond donors (Lipinski definition) is 0. The molecule has 0 radical (unpaired) electrons. The van der Waals surface area contributed by atoms with E-state index >= 15 is 0 Å². The Balaban J connectivity index is 3.47. The van der Waals surface area contributed by atoms with Crippen molar-refractivity contribution < 1.29 is 12.8 Å². The van der Waals surface area contributed by atoms with Gasteiger partial charge in [-0.15, -0.1) is 0 Å². The van der Waals surface area contributed by atoms with Crippen LogP contribution in [0.3, 0.4) is 0 Å². The Kier molecular flexibility index (Phi) is 2.39. The summed E-state index contributed by atoms with van der Waals surface area (Å²) in [4.78, 5) is -0.177. The lowest BCUT2D eigenvalue weighted by atomic mass is 10.2. The van der Waals surface area contributed by atoms with Gasteiger partial charge in [-0.3, -0.25) is 0 Å². The smallest absolute Gasteiger partial charge is 0.207 e. The fraction of sp³-hybridized carbons (Fsp3) is 0.143. The molecule has 1 rings (SSSR count). The fourth-order valence-electron chi connectivity index (χ4n) is 0.852. The van der Waals surface area contributed by atoms with Crippen molar-refractivity contribution in [1.82, 2.24) is 0 Å². The normalized spacial score (nSPS) is 11.6. The lowest BCUT2D eigenvalue weighted by Gasteiger charge is -2.00. The Hall–Kier alpha value is -0.610. The van der Waals surface area contributed by atoms with Crippen LogP contribution in [0.2, 0.25) is 0 Å². The maximum atomic E-state index is 12.8. The second-order valence-corrected chi connectivity index (χ2v) is 4.84. The van der Waals surface area contributed by atoms with Crippen LogP contribution in [0.1, 0.15) is 5.56 Å². The minimum Gasteiger partial charge on any atom is -0.207 e. The molecular formula is C7H6ClFO2S. The molecule has 5 heteroatoms. The second-order valence-electron chi connectivity index (χ2n) is 2.30. The summed E-state index contributed by atoms with van der Waals surface area (Å²) < 4.78 is 34.4. The van der Waals surface area contributed by atoms with Gasteiger partial charge in [0.1, 0.15) is 5.82 Å². The number of halogens is 2. The molecular weight excluding hydrogens is 203 g/mol. The minimum absolute atomic E-state index is 0.0486. The first-order chi connectivity index (χ1) is 5.43. The molecule has 2 nitrogen and oxygen atoms in total. The summed E-state index contributed by atoms with van der Waals surface area (Å²) in [6.45, 7) is 1.37. The lowest BCUT2D eigenvalue weighted by Crippen LogP contribution is -1.96. The van der Waals surface area contributed by atoms with Crippen LogP contribution in [0.25, 0.3) is 0 Å². The van der Waals surface area contributed by atoms with E-state index in [2.05, 4.69) is 0 Å². The summed E-state index contributed by atoms with van der Waals surface area (Å²) in [5.41, 5.74) is 0.0486. The summed E-state index contributed by atoms with van der Waals surface area (Å²) >= 11 is 0. The Bertz CT molecular complexity index is 400. The average molecular weight is 209 g/mol. The van der Waals surface area contributed by atoms with Gasteiger partial charge in [-0.25, -0.2) is 12.8 Å². The second kappa shape index (κ2) is 3.03. The fourth-order valence-corrected chi connectivity index (χ4v) is 2.06. The first-order valence-electron chi connectivity index (χ1n) is 3.12. The van der Waals surface area contributed by atoms with Crippen LogP contribution in [-0.4, -0.2) is 8.42 Å². The minimum atomic E-state index is -3.82. The van der Waals surface area contributed by atoms with Gasteiger partial charge < -0.3 is 0 Å². The highest BCUT2D eigenvalue weighted by molar-refractivity contribution is 8.13. The van der Waals surface area contributed by atoms with Crippen LogP contribution in [-0.2, 0) is 9.05 Å². The molecule has 0 fully saturated rings. The highest BCUT2D eigenvalue weighted by Gasteiger charge is 2.14. The largest absolute Gasteiger partial charge is 0.261 e. The van der Waals surface area contributed by atoms with Crippen molar-refractivity contribution in [1.29, 1.82) is 0 Å². The predicted octanol–water partition coefficient (Wildman–Crippen LogP) is 2.06. The maximum absolute atomic E-state index is 12.8. The van der Waals surface area contributed by atoms with Crippen LogP contribution in [0.5, 0.6) is 0 Å². The molecule has 0 bridgehead atoms. The van der Waals surface area contributed by atoms with Gasteiger partial charge >= 0.3 is 0 Å². The molecule has 0 amide bonds. The molecule has 0 saturated carbocycles. The first-order valence-corrected chi connectivity index (χ1v) is 5.43. The van der Waals surface area contributed by atoms with E-state index in [1.165, 1.54) is 25.1 Å². The zero-order valence-corrected chi connectivity index (χ0v) is 7.79. The predicted molar refractivity (Wildman–Crippen MR) is 44.2 cm³/mol. The third kappa shape index (κ3) is 1.76. The van der Waals surface area contributed by atoms with Gasteiger partial charge in [0, 0.05) is 16.2 Å². The van der Waals surface area contributed by atoms with E-state index in [1.54, 1.807) is 0 Å². The van der Waals surface area contributed by atoms with Gasteiger partial charge in [-0.2, -0.15) is 0 Å². The van der Waals surface area contributed by atoms with E-state index in [0.717, 1.165) is 0 Å². The van der Waals surface area contributed by atoms with Crippen molar-refractivity contribution in [2.24, 2.45) is 0 Å². The number of hydrogen-bond acceptors (Lipinski definition) is 2. The molecule has 12 heavy (non-hydrogen) atoms. The van der Waals surface area contributed by atoms with E-state index in [0.29, 0.717) is 0 Å². The summed E-state index contributed by atoms with van der Waals surface area (Å²) in [6.07, 6.45) is 0. The monoisotopic (exact) mass is 208 g/mol. The molecule has 1 aromatic carbocycles. The van der Waals surface area contributed by atoms with Crippen molar-refractivity contribution >= 4 is 19.7 Å². The van der Waals surface area contributed by atoms with Crippen molar-refractivity contribution in [3.63, 3.8) is 0 Å². The van der Waals surface area contributed by atoms with Crippen LogP contribution < -0.4 is 0 Å². The Morgan fingerprint density at radius 3 is 2.42 bits per heavy atom. The molecule has 0 spiro atoms. The quantitative estimate of drug-likeness (QED) is 0.662. The molecule has 0 atom stereocenters. The Labute approximate surface area is 74.4 Å². The van der Waals surface area contributed by atoms with Crippen LogP contribution in [0, 0.1) is 12.7 Å². The topological polar surface area (TPSA) is 34.1 Å². The van der Waals surface area contributed by atoms with Gasteiger partial charge in [-0.05, 0) is 19.1 Å². The average Bonchev–Trinajstić information content (AvgIpc) is 1.92. The van der Waals surface area contributed by atoms with Gasteiger partial charge in [0.25, 0.3) is 9.05 Å². The lowest BCUT2D eigenvalue weighted by molar-refractivity contribution is 0.596. The van der Waals surface area contributed by atoms with E-state index in [4.69, 9.17) is 10.7 Å². The molecule has 0 aliphatic rings. The van der Waals surface area contributed by atoms with E-state index < -0.39 is 14.9 Å². The molecule has 0 heterocycles. The third-order valence-corrected chi connectivity index (χ3v) is 2.95. The molecule has 1 aromatic rings. The molecule has 0 aliphatic heterocycles. The zero-order valence-electron chi connectivity index (χ0n) is 6.21. The summed E-state index contributed by atoms with van der Waals surface area (Å²) in [6, 6.07) is 3.75. The molecule has 66 valence electrons. The first kappa shape index (κ1) is 9.48. The van der Waals surface area contributed by atoms with Crippen LogP contribution >= 0.6 is 10.7 Å². The molecule has 0 unspecified atom stereocenters. The van der Waals surface area contributed by atoms with Gasteiger partial charge in [0.15, 0.2) is 0 Å². The number of rotatable bonds is 1. The Morgan fingerprint density at radius 2 is 2.00 bits per heavy atom. The molecule has 0 N–H and O–H groups in total. The van der Waals surface area contributed by atoms with Crippen LogP contribution in [0.4, 0.5) is 4.39 Å². The molecule has 0 aliphatic carbocycles. The summed E-state index contributed by atoms with van der Waals surface area (Å²) in [5.74, 6) is -0.572. The van der Waals surface area contributed by atoms with Crippen molar-refractivity contribution in [2.75, 3.05) is 0 Å². The summed E-state index contributed by atoms with van der Waals surface area (Å²) in [5, 5.41) is 0. The SMILES string of the molecule is Cc1c(F)cccc1S(=O)(=O)Cl. The van der Waals surface area contributed by atoms with E-state index in [-0.39, 0.29) is 10.5 Å². The number of benzene rings is 1. The molecule has 0 aromatic heterocycles. The van der Waals surface area contributed by atoms with Crippen molar-refractivity contribution in [3.8, 4) is 0 Å². The van der Waals surface area contributed by atoms with Gasteiger partial charge in [0.05, 0.1) is 4.90 Å². The summed E-state index contributed by atoms with van der Waals surface area (Å²) in [7, 11) is 1.22. The van der Waals surface area contributed by atoms with Gasteiger partial charge in [-0.1, -0.05) is 6.07 Å². The van der Waals surface area contributed by atoms with E-state index in [1.807, 2.05) is 0 Å². The highest BCUT2D eigenvalue weighted by Crippen LogP contribution is 2.20. The zero-order chi connectivity index (χ0) is 9.35. The van der Waals surface area contributed by atoms with Crippen molar-refractivity contribution in [2.45, 2.75) is 11.8 Å². The highest BCUT2D eigenvalue weighted by atomic mass is 35.7. The van der Waals surface area contributed by atoms with Crippen molar-refractivity contribution in [3.05, 3.63) is 29.6 Å². The standard InChI is InChI=1S/C7H6ClFO2S/c1-5-6(9)3-2-4-7(5)12(8,10)11/h2-4H,1H3. The third-order valence-electron chi connectivity index (χ3n) is 1.48. The van der Waals surface area contributed by atoms with Gasteiger partial charge in [0.2, 0.25) is 0 Å². The van der Waals surface area contributed by atoms with E-state index in [9.17, 15) is 12.8 Å². The van der Waals surface area contributed by atoms with Crippen LogP contribution in [0.15, 0.2) is 23.1 Å².